The van der Waals surface area contributed by atoms with Gasteiger partial charge in [0, 0.05) is 6.54 Å². The van der Waals surface area contributed by atoms with Gasteiger partial charge in [0.25, 0.3) is 0 Å². The lowest BCUT2D eigenvalue weighted by Gasteiger charge is -2.21. The lowest BCUT2D eigenvalue weighted by Crippen LogP contribution is -2.27. The third-order valence-electron chi connectivity index (χ3n) is 3.10. The zero-order valence-electron chi connectivity index (χ0n) is 10.8. The van der Waals surface area contributed by atoms with Crippen molar-refractivity contribution in [1.82, 2.24) is 4.90 Å². The first kappa shape index (κ1) is 12.7. The molecule has 0 fully saturated rings. The Morgan fingerprint density at radius 3 is 2.19 bits per heavy atom. The Labute approximate surface area is 98.5 Å². The van der Waals surface area contributed by atoms with E-state index >= 15 is 0 Å². The van der Waals surface area contributed by atoms with Crippen LogP contribution in [-0.2, 0) is 6.54 Å². The second kappa shape index (κ2) is 5.14. The molecule has 86 valence electrons. The number of rotatable bonds is 3. The molecular formula is C14H20N2. The Morgan fingerprint density at radius 1 is 1.25 bits per heavy atom. The van der Waals surface area contributed by atoms with Crippen molar-refractivity contribution in [2.45, 2.75) is 40.3 Å². The number of nitrogens with zero attached hydrogens (tertiary/aromatic N) is 2. The van der Waals surface area contributed by atoms with Gasteiger partial charge in [0.1, 0.15) is 0 Å². The predicted molar refractivity (Wildman–Crippen MR) is 67.2 cm³/mol. The Morgan fingerprint density at radius 2 is 1.75 bits per heavy atom. The molecule has 1 unspecified atom stereocenters. The van der Waals surface area contributed by atoms with Crippen LogP contribution in [0.25, 0.3) is 0 Å². The van der Waals surface area contributed by atoms with Crippen LogP contribution in [0.15, 0.2) is 12.1 Å². The van der Waals surface area contributed by atoms with Crippen molar-refractivity contribution in [1.29, 1.82) is 5.26 Å². The van der Waals surface area contributed by atoms with Gasteiger partial charge in [-0.3, -0.25) is 4.90 Å². The fourth-order valence-electron chi connectivity index (χ4n) is 1.94. The molecule has 2 nitrogen and oxygen atoms in total. The average Bonchev–Trinajstić information content (AvgIpc) is 2.21. The van der Waals surface area contributed by atoms with Crippen LogP contribution in [0.3, 0.4) is 0 Å². The van der Waals surface area contributed by atoms with E-state index in [0.717, 1.165) is 6.54 Å². The quantitative estimate of drug-likeness (QED) is 0.776. The molecule has 0 amide bonds. The molecule has 1 atom stereocenters. The van der Waals surface area contributed by atoms with Crippen LogP contribution in [0.5, 0.6) is 0 Å². The second-order valence-corrected chi connectivity index (χ2v) is 4.60. The third-order valence-corrected chi connectivity index (χ3v) is 3.10. The van der Waals surface area contributed by atoms with Crippen LogP contribution < -0.4 is 0 Å². The van der Waals surface area contributed by atoms with Crippen molar-refractivity contribution in [2.24, 2.45) is 0 Å². The van der Waals surface area contributed by atoms with E-state index in [2.05, 4.69) is 43.9 Å². The minimum Gasteiger partial charge on any atom is -0.287 e. The van der Waals surface area contributed by atoms with Gasteiger partial charge in [-0.25, -0.2) is 0 Å². The van der Waals surface area contributed by atoms with Crippen LogP contribution in [-0.4, -0.2) is 18.0 Å². The summed E-state index contributed by atoms with van der Waals surface area (Å²) in [7, 11) is 1.99. The number of aryl methyl sites for hydroxylation is 3. The fourth-order valence-corrected chi connectivity index (χ4v) is 1.94. The van der Waals surface area contributed by atoms with Crippen molar-refractivity contribution >= 4 is 0 Å². The maximum absolute atomic E-state index is 8.87. The second-order valence-electron chi connectivity index (χ2n) is 4.60. The maximum atomic E-state index is 8.87. The van der Waals surface area contributed by atoms with Gasteiger partial charge < -0.3 is 0 Å². The van der Waals surface area contributed by atoms with Gasteiger partial charge in [0.05, 0.1) is 12.1 Å². The molecule has 1 aromatic rings. The lowest BCUT2D eigenvalue weighted by atomic mass is 9.99. The number of benzene rings is 1. The number of nitriles is 1. The summed E-state index contributed by atoms with van der Waals surface area (Å²) in [5.41, 5.74) is 5.27. The molecular weight excluding hydrogens is 196 g/mol. The fraction of sp³-hybridized carbons (Fsp3) is 0.500. The van der Waals surface area contributed by atoms with Crippen molar-refractivity contribution in [3.8, 4) is 6.07 Å². The molecule has 1 rings (SSSR count). The third kappa shape index (κ3) is 2.84. The molecule has 0 bridgehead atoms. The number of hydrogen-bond acceptors (Lipinski definition) is 2. The summed E-state index contributed by atoms with van der Waals surface area (Å²) in [6.07, 6.45) is 0. The highest BCUT2D eigenvalue weighted by atomic mass is 15.1. The molecule has 0 aliphatic carbocycles. The first-order chi connectivity index (χ1) is 7.45. The molecule has 0 aliphatic heterocycles. The highest BCUT2D eigenvalue weighted by Crippen LogP contribution is 2.18. The van der Waals surface area contributed by atoms with Crippen molar-refractivity contribution in [3.05, 3.63) is 34.4 Å². The van der Waals surface area contributed by atoms with Gasteiger partial charge in [0.2, 0.25) is 0 Å². The van der Waals surface area contributed by atoms with Crippen LogP contribution in [0.2, 0.25) is 0 Å². The minimum absolute atomic E-state index is 0.0416. The molecule has 0 aliphatic rings. The summed E-state index contributed by atoms with van der Waals surface area (Å²) < 4.78 is 0. The SMILES string of the molecule is Cc1cc(C)c(CN(C)C(C)C#N)c(C)c1. The molecule has 0 saturated heterocycles. The summed E-state index contributed by atoms with van der Waals surface area (Å²) in [5, 5.41) is 8.87. The summed E-state index contributed by atoms with van der Waals surface area (Å²) in [6.45, 7) is 9.16. The van der Waals surface area contributed by atoms with Gasteiger partial charge >= 0.3 is 0 Å². The smallest absolute Gasteiger partial charge is 0.0949 e. The highest BCUT2D eigenvalue weighted by molar-refractivity contribution is 5.37. The molecule has 2 heteroatoms. The van der Waals surface area contributed by atoms with E-state index in [0.29, 0.717) is 0 Å². The Kier molecular flexibility index (Phi) is 4.09. The molecule has 16 heavy (non-hydrogen) atoms. The predicted octanol–water partition coefficient (Wildman–Crippen LogP) is 2.96. The Hall–Kier alpha value is -1.33. The van der Waals surface area contributed by atoms with Crippen LogP contribution in [0.1, 0.15) is 29.2 Å². The van der Waals surface area contributed by atoms with Crippen LogP contribution in [0.4, 0.5) is 0 Å². The molecule has 0 radical (unpaired) electrons. The van der Waals surface area contributed by atoms with Gasteiger partial charge in [-0.15, -0.1) is 0 Å². The largest absolute Gasteiger partial charge is 0.287 e. The summed E-state index contributed by atoms with van der Waals surface area (Å²) in [5.74, 6) is 0. The van der Waals surface area contributed by atoms with E-state index in [1.807, 2.05) is 14.0 Å². The summed E-state index contributed by atoms with van der Waals surface area (Å²) in [4.78, 5) is 2.07. The maximum Gasteiger partial charge on any atom is 0.0949 e. The van der Waals surface area contributed by atoms with E-state index in [1.165, 1.54) is 22.3 Å². The molecule has 1 aromatic carbocycles. The van der Waals surface area contributed by atoms with Crippen molar-refractivity contribution < 1.29 is 0 Å². The summed E-state index contributed by atoms with van der Waals surface area (Å²) in [6, 6.07) is 6.62. The van der Waals surface area contributed by atoms with Gasteiger partial charge in [-0.05, 0) is 51.4 Å². The van der Waals surface area contributed by atoms with Crippen molar-refractivity contribution in [3.63, 3.8) is 0 Å². The molecule has 0 heterocycles. The zero-order chi connectivity index (χ0) is 12.3. The molecule has 0 spiro atoms. The van der Waals surface area contributed by atoms with Gasteiger partial charge in [0.15, 0.2) is 0 Å². The van der Waals surface area contributed by atoms with Gasteiger partial charge in [-0.1, -0.05) is 17.7 Å². The monoisotopic (exact) mass is 216 g/mol. The highest BCUT2D eigenvalue weighted by Gasteiger charge is 2.11. The first-order valence-electron chi connectivity index (χ1n) is 5.62. The van der Waals surface area contributed by atoms with E-state index in [1.54, 1.807) is 0 Å². The topological polar surface area (TPSA) is 27.0 Å². The minimum atomic E-state index is -0.0416. The van der Waals surface area contributed by atoms with E-state index in [9.17, 15) is 0 Å². The average molecular weight is 216 g/mol. The summed E-state index contributed by atoms with van der Waals surface area (Å²) >= 11 is 0. The van der Waals surface area contributed by atoms with E-state index in [-0.39, 0.29) is 6.04 Å². The van der Waals surface area contributed by atoms with Crippen molar-refractivity contribution in [2.75, 3.05) is 7.05 Å². The molecule has 0 N–H and O–H groups in total. The zero-order valence-corrected chi connectivity index (χ0v) is 10.8. The number of hydrogen-bond donors (Lipinski definition) is 0. The molecule has 0 saturated carbocycles. The first-order valence-corrected chi connectivity index (χ1v) is 5.62. The normalized spacial score (nSPS) is 12.6. The Bertz CT molecular complexity index is 392. The van der Waals surface area contributed by atoms with E-state index < -0.39 is 0 Å². The lowest BCUT2D eigenvalue weighted by molar-refractivity contribution is 0.293. The van der Waals surface area contributed by atoms with E-state index in [4.69, 9.17) is 5.26 Å². The standard InChI is InChI=1S/C14H20N2/c1-10-6-11(2)14(12(3)7-10)9-16(5)13(4)8-15/h6-7,13H,9H2,1-5H3. The van der Waals surface area contributed by atoms with Crippen LogP contribution >= 0.6 is 0 Å². The van der Waals surface area contributed by atoms with Gasteiger partial charge in [-0.2, -0.15) is 5.26 Å². The Balaban J connectivity index is 2.94. The molecule has 0 aromatic heterocycles. The van der Waals surface area contributed by atoms with Crippen LogP contribution in [0, 0.1) is 32.1 Å².